The normalized spacial score (nSPS) is 14.7. The molecule has 27 heavy (non-hydrogen) atoms. The number of fused-ring (bicyclic) bond motifs is 3. The zero-order valence-electron chi connectivity index (χ0n) is 15.9. The van der Waals surface area contributed by atoms with Gasteiger partial charge in [-0.1, -0.05) is 41.4 Å². The summed E-state index contributed by atoms with van der Waals surface area (Å²) in [6, 6.07) is 19.2. The zero-order chi connectivity index (χ0) is 19.3. The molecule has 0 fully saturated rings. The van der Waals surface area contributed by atoms with Crippen LogP contribution in [0, 0.1) is 0 Å². The van der Waals surface area contributed by atoms with Gasteiger partial charge in [0.1, 0.15) is 0 Å². The summed E-state index contributed by atoms with van der Waals surface area (Å²) in [6.07, 6.45) is 0. The lowest BCUT2D eigenvalue weighted by Crippen LogP contribution is -2.10. The van der Waals surface area contributed by atoms with Crippen LogP contribution in [0.25, 0.3) is 11.1 Å². The van der Waals surface area contributed by atoms with Gasteiger partial charge in [-0.2, -0.15) is 0 Å². The average Bonchev–Trinajstić information content (AvgIpc) is 2.93. The van der Waals surface area contributed by atoms with Crippen LogP contribution < -0.4 is 9.80 Å². The van der Waals surface area contributed by atoms with Crippen molar-refractivity contribution in [2.24, 2.45) is 0 Å². The Balaban J connectivity index is 1.93. The van der Waals surface area contributed by atoms with Crippen LogP contribution in [0.15, 0.2) is 54.6 Å². The SMILES string of the molecule is CN(C)c1ccc(C2c3cc(Cl)ccc3-c3cc(N(C)C)c(Cl)cc32)cc1. The van der Waals surface area contributed by atoms with Gasteiger partial charge in [-0.05, 0) is 64.2 Å². The molecule has 1 atom stereocenters. The average molecular weight is 397 g/mol. The summed E-state index contributed by atoms with van der Waals surface area (Å²) < 4.78 is 0. The lowest BCUT2D eigenvalue weighted by atomic mass is 9.89. The van der Waals surface area contributed by atoms with Crippen LogP contribution >= 0.6 is 23.2 Å². The van der Waals surface area contributed by atoms with Crippen molar-refractivity contribution in [2.45, 2.75) is 5.92 Å². The standard InChI is InChI=1S/C23H22Cl2N2/c1-26(2)16-8-5-14(6-9-16)23-19-11-15(24)7-10-17(19)18-13-22(27(3)4)21(25)12-20(18)23/h5-13,23H,1-4H3. The van der Waals surface area contributed by atoms with E-state index >= 15 is 0 Å². The first-order chi connectivity index (χ1) is 12.9. The molecule has 1 unspecified atom stereocenters. The first-order valence-corrected chi connectivity index (χ1v) is 9.70. The molecule has 4 heteroatoms. The van der Waals surface area contributed by atoms with Crippen molar-refractivity contribution in [1.29, 1.82) is 0 Å². The predicted octanol–water partition coefficient (Wildman–Crippen LogP) is 6.29. The third-order valence-corrected chi connectivity index (χ3v) is 5.81. The summed E-state index contributed by atoms with van der Waals surface area (Å²) in [4.78, 5) is 4.16. The molecule has 0 saturated carbocycles. The summed E-state index contributed by atoms with van der Waals surface area (Å²) in [5.74, 6) is 0.138. The lowest BCUT2D eigenvalue weighted by molar-refractivity contribution is 1.01. The van der Waals surface area contributed by atoms with Crippen LogP contribution in [0.4, 0.5) is 11.4 Å². The molecule has 0 spiro atoms. The van der Waals surface area contributed by atoms with E-state index in [1.807, 2.05) is 20.2 Å². The van der Waals surface area contributed by atoms with E-state index in [2.05, 4.69) is 72.4 Å². The van der Waals surface area contributed by atoms with E-state index in [-0.39, 0.29) is 5.92 Å². The number of anilines is 2. The quantitative estimate of drug-likeness (QED) is 0.401. The molecule has 1 aliphatic rings. The van der Waals surface area contributed by atoms with Gasteiger partial charge in [0.05, 0.1) is 10.7 Å². The van der Waals surface area contributed by atoms with Crippen molar-refractivity contribution in [3.05, 3.63) is 81.3 Å². The Labute approximate surface area is 170 Å². The molecule has 0 radical (unpaired) electrons. The van der Waals surface area contributed by atoms with Crippen LogP contribution in [-0.2, 0) is 0 Å². The summed E-state index contributed by atoms with van der Waals surface area (Å²) in [7, 11) is 8.14. The maximum Gasteiger partial charge on any atom is 0.0642 e. The first-order valence-electron chi connectivity index (χ1n) is 8.94. The van der Waals surface area contributed by atoms with Crippen LogP contribution in [0.3, 0.4) is 0 Å². The summed E-state index contributed by atoms with van der Waals surface area (Å²) in [6.45, 7) is 0. The second-order valence-corrected chi connectivity index (χ2v) is 8.28. The van der Waals surface area contributed by atoms with Gasteiger partial charge in [-0.15, -0.1) is 0 Å². The molecule has 0 bridgehead atoms. The van der Waals surface area contributed by atoms with Crippen molar-refractivity contribution < 1.29 is 0 Å². The number of benzene rings is 3. The molecule has 0 heterocycles. The topological polar surface area (TPSA) is 6.48 Å². The Morgan fingerprint density at radius 2 is 1.37 bits per heavy atom. The Morgan fingerprint density at radius 1 is 0.704 bits per heavy atom. The molecule has 1 aliphatic carbocycles. The molecule has 3 aromatic rings. The number of nitrogens with zero attached hydrogens (tertiary/aromatic N) is 2. The van der Waals surface area contributed by atoms with Crippen molar-refractivity contribution in [3.63, 3.8) is 0 Å². The maximum atomic E-state index is 6.62. The molecule has 4 rings (SSSR count). The zero-order valence-corrected chi connectivity index (χ0v) is 17.4. The second-order valence-electron chi connectivity index (χ2n) is 7.44. The van der Waals surface area contributed by atoms with Crippen LogP contribution in [-0.4, -0.2) is 28.2 Å². The monoisotopic (exact) mass is 396 g/mol. The Morgan fingerprint density at radius 3 is 2.00 bits per heavy atom. The predicted molar refractivity (Wildman–Crippen MR) is 118 cm³/mol. The number of hydrogen-bond donors (Lipinski definition) is 0. The van der Waals surface area contributed by atoms with Crippen LogP contribution in [0.1, 0.15) is 22.6 Å². The molecule has 0 aromatic heterocycles. The van der Waals surface area contributed by atoms with Gasteiger partial charge in [-0.3, -0.25) is 0 Å². The third kappa shape index (κ3) is 3.07. The minimum atomic E-state index is 0.138. The summed E-state index contributed by atoms with van der Waals surface area (Å²) in [5.41, 5.74) is 8.40. The van der Waals surface area contributed by atoms with E-state index in [0.717, 1.165) is 15.7 Å². The first kappa shape index (κ1) is 18.2. The summed E-state index contributed by atoms with van der Waals surface area (Å²) >= 11 is 13.0. The van der Waals surface area contributed by atoms with Gasteiger partial charge in [-0.25, -0.2) is 0 Å². The van der Waals surface area contributed by atoms with E-state index in [4.69, 9.17) is 23.2 Å². The number of hydrogen-bond acceptors (Lipinski definition) is 2. The van der Waals surface area contributed by atoms with E-state index in [1.54, 1.807) is 0 Å². The highest BCUT2D eigenvalue weighted by atomic mass is 35.5. The van der Waals surface area contributed by atoms with Gasteiger partial charge >= 0.3 is 0 Å². The molecular weight excluding hydrogens is 375 g/mol. The molecule has 0 amide bonds. The summed E-state index contributed by atoms with van der Waals surface area (Å²) in [5, 5.41) is 1.53. The van der Waals surface area contributed by atoms with Crippen LogP contribution in [0.2, 0.25) is 10.0 Å². The molecular formula is C23H22Cl2N2. The molecule has 138 valence electrons. The van der Waals surface area contributed by atoms with Gasteiger partial charge < -0.3 is 9.80 Å². The minimum Gasteiger partial charge on any atom is -0.378 e. The van der Waals surface area contributed by atoms with E-state index in [9.17, 15) is 0 Å². The van der Waals surface area contributed by atoms with Crippen molar-refractivity contribution in [2.75, 3.05) is 38.0 Å². The molecule has 0 saturated heterocycles. The van der Waals surface area contributed by atoms with Gasteiger partial charge in [0.2, 0.25) is 0 Å². The van der Waals surface area contributed by atoms with Crippen molar-refractivity contribution in [1.82, 2.24) is 0 Å². The fourth-order valence-electron chi connectivity index (χ4n) is 3.90. The fraction of sp³-hybridized carbons (Fsp3) is 0.217. The van der Waals surface area contributed by atoms with Gasteiger partial charge in [0.25, 0.3) is 0 Å². The van der Waals surface area contributed by atoms with E-state index in [0.29, 0.717) is 0 Å². The van der Waals surface area contributed by atoms with Gasteiger partial charge in [0.15, 0.2) is 0 Å². The fourth-order valence-corrected chi connectivity index (χ4v) is 4.42. The maximum absolute atomic E-state index is 6.62. The Bertz CT molecular complexity index is 1010. The Kier molecular flexibility index (Phi) is 4.57. The van der Waals surface area contributed by atoms with E-state index in [1.165, 1.54) is 33.5 Å². The highest BCUT2D eigenvalue weighted by molar-refractivity contribution is 6.33. The highest BCUT2D eigenvalue weighted by Gasteiger charge is 2.31. The van der Waals surface area contributed by atoms with Crippen molar-refractivity contribution >= 4 is 34.6 Å². The smallest absolute Gasteiger partial charge is 0.0642 e. The molecule has 0 aliphatic heterocycles. The lowest BCUT2D eigenvalue weighted by Gasteiger charge is -2.19. The molecule has 0 N–H and O–H groups in total. The Hall–Kier alpha value is -2.16. The second kappa shape index (κ2) is 6.78. The third-order valence-electron chi connectivity index (χ3n) is 5.27. The van der Waals surface area contributed by atoms with Crippen molar-refractivity contribution in [3.8, 4) is 11.1 Å². The largest absolute Gasteiger partial charge is 0.378 e. The van der Waals surface area contributed by atoms with Crippen LogP contribution in [0.5, 0.6) is 0 Å². The number of rotatable bonds is 3. The van der Waals surface area contributed by atoms with Gasteiger partial charge in [0, 0.05) is 44.8 Å². The number of halogens is 2. The highest BCUT2D eigenvalue weighted by Crippen LogP contribution is 2.51. The molecule has 2 nitrogen and oxygen atoms in total. The van der Waals surface area contributed by atoms with E-state index < -0.39 is 0 Å². The minimum absolute atomic E-state index is 0.138. The molecule has 3 aromatic carbocycles.